The Morgan fingerprint density at radius 1 is 0.414 bits per heavy atom. The van der Waals surface area contributed by atoms with E-state index in [1.807, 2.05) is 0 Å². The average molecular weight is 429 g/mol. The maximum atomic E-state index is 14.4. The minimum atomic E-state index is -2.52. The second kappa shape index (κ2) is 7.89. The molecule has 2 aromatic carbocycles. The van der Waals surface area contributed by atoms with Crippen LogP contribution in [-0.4, -0.2) is 24.7 Å². The summed E-state index contributed by atoms with van der Waals surface area (Å²) in [6.07, 6.45) is 1.19. The molecule has 2 aromatic rings. The van der Waals surface area contributed by atoms with Crippen molar-refractivity contribution in [2.45, 2.75) is 19.3 Å². The number of hydrogen-bond acceptors (Lipinski definition) is 1. The maximum absolute atomic E-state index is 14.4. The monoisotopic (exact) mass is 429 g/mol. The summed E-state index contributed by atoms with van der Waals surface area (Å²) >= 11 is 0. The van der Waals surface area contributed by atoms with E-state index in [4.69, 9.17) is 0 Å². The maximum Gasteiger partial charge on any atom is 0.305 e. The van der Waals surface area contributed by atoms with E-state index in [2.05, 4.69) is 0 Å². The lowest BCUT2D eigenvalue weighted by Crippen LogP contribution is -2.62. The topological polar surface area (TPSA) is 3.24 Å². The van der Waals surface area contributed by atoms with Gasteiger partial charge in [-0.15, -0.1) is 0 Å². The number of hydrogen-bond donors (Lipinski definition) is 0. The van der Waals surface area contributed by atoms with Crippen molar-refractivity contribution < 1.29 is 43.9 Å². The molecule has 1 heterocycles. The fraction of sp³-hybridized carbons (Fsp3) is 0.294. The quantitative estimate of drug-likeness (QED) is 0.312. The predicted octanol–water partition coefficient (Wildman–Crippen LogP) is 3.67. The number of piperidine rings is 1. The fourth-order valence-corrected chi connectivity index (χ4v) is 3.41. The molecule has 3 rings (SSSR count). The van der Waals surface area contributed by atoms with Crippen LogP contribution in [0.15, 0.2) is 0 Å². The second-order valence-corrected chi connectivity index (χ2v) is 6.47. The normalized spacial score (nSPS) is 15.1. The van der Waals surface area contributed by atoms with E-state index in [-0.39, 0.29) is 13.1 Å². The first kappa shape index (κ1) is 21.5. The van der Waals surface area contributed by atoms with Gasteiger partial charge in [-0.3, -0.25) is 0 Å². The van der Waals surface area contributed by atoms with Crippen LogP contribution in [0.25, 0.3) is 0 Å². The van der Waals surface area contributed by atoms with Crippen LogP contribution in [0.4, 0.5) is 43.9 Å². The Kier molecular flexibility index (Phi) is 5.84. The molecular weight excluding hydrogens is 419 g/mol. The molecule has 0 atom stereocenters. The zero-order valence-electron chi connectivity index (χ0n) is 14.3. The SMILES string of the molecule is Fc1c(F)c(F)c(B(c2c(F)c(F)c(F)c(F)c2F)N2CCCCC2)c(F)c1F. The third kappa shape index (κ3) is 3.36. The fourth-order valence-electron chi connectivity index (χ4n) is 3.41. The highest BCUT2D eigenvalue weighted by atomic mass is 19.2. The van der Waals surface area contributed by atoms with Gasteiger partial charge in [-0.05, 0) is 25.9 Å². The Morgan fingerprint density at radius 3 is 1.00 bits per heavy atom. The standard InChI is InChI=1S/C17H10BF10N/c19-8-6(9(20)13(24)16(27)12(8)23)18(29-4-2-1-3-5-29)7-10(21)14(25)17(28)15(26)11(7)22/h1-5H2. The van der Waals surface area contributed by atoms with Crippen LogP contribution >= 0.6 is 0 Å². The van der Waals surface area contributed by atoms with Crippen LogP contribution < -0.4 is 10.9 Å². The summed E-state index contributed by atoms with van der Waals surface area (Å²) in [5.74, 6) is -24.3. The van der Waals surface area contributed by atoms with E-state index in [0.717, 1.165) is 4.81 Å². The highest BCUT2D eigenvalue weighted by molar-refractivity contribution is 6.83. The third-order valence-corrected chi connectivity index (χ3v) is 4.79. The largest absolute Gasteiger partial charge is 0.334 e. The van der Waals surface area contributed by atoms with E-state index >= 15 is 0 Å². The summed E-state index contributed by atoms with van der Waals surface area (Å²) in [6, 6.07) is 0. The van der Waals surface area contributed by atoms with Gasteiger partial charge in [-0.2, -0.15) is 0 Å². The van der Waals surface area contributed by atoms with E-state index in [1.165, 1.54) is 0 Å². The lowest BCUT2D eigenvalue weighted by Gasteiger charge is -2.33. The van der Waals surface area contributed by atoms with Crippen molar-refractivity contribution in [2.75, 3.05) is 13.1 Å². The van der Waals surface area contributed by atoms with Crippen LogP contribution in [-0.2, 0) is 0 Å². The molecule has 1 fully saturated rings. The molecule has 0 unspecified atom stereocenters. The summed E-state index contributed by atoms with van der Waals surface area (Å²) in [5, 5.41) is 0. The molecule has 29 heavy (non-hydrogen) atoms. The predicted molar refractivity (Wildman–Crippen MR) is 82.9 cm³/mol. The Balaban J connectivity index is 2.39. The highest BCUT2D eigenvalue weighted by Gasteiger charge is 2.43. The van der Waals surface area contributed by atoms with Gasteiger partial charge in [0.05, 0.1) is 0 Å². The van der Waals surface area contributed by atoms with Gasteiger partial charge < -0.3 is 4.81 Å². The van der Waals surface area contributed by atoms with Crippen molar-refractivity contribution in [3.63, 3.8) is 0 Å². The molecule has 1 aliphatic heterocycles. The summed E-state index contributed by atoms with van der Waals surface area (Å²) in [7, 11) is 0. The molecule has 12 heteroatoms. The van der Waals surface area contributed by atoms with Crippen LogP contribution in [0.1, 0.15) is 19.3 Å². The Bertz CT molecular complexity index is 846. The Labute approximate surface area is 158 Å². The molecule has 0 aromatic heterocycles. The number of benzene rings is 2. The summed E-state index contributed by atoms with van der Waals surface area (Å²) in [4.78, 5) is 0.917. The highest BCUT2D eigenvalue weighted by Crippen LogP contribution is 2.23. The number of nitrogens with zero attached hydrogens (tertiary/aromatic N) is 1. The van der Waals surface area contributed by atoms with Gasteiger partial charge in [0.1, 0.15) is 0 Å². The lowest BCUT2D eigenvalue weighted by atomic mass is 9.47. The van der Waals surface area contributed by atoms with Gasteiger partial charge in [-0.1, -0.05) is 6.42 Å². The number of rotatable bonds is 3. The van der Waals surface area contributed by atoms with Crippen molar-refractivity contribution in [3.8, 4) is 0 Å². The van der Waals surface area contributed by atoms with E-state index in [0.29, 0.717) is 19.3 Å². The molecule has 1 saturated heterocycles. The molecule has 0 radical (unpaired) electrons. The van der Waals surface area contributed by atoms with Crippen molar-refractivity contribution in [2.24, 2.45) is 0 Å². The molecule has 1 aliphatic rings. The Morgan fingerprint density at radius 2 is 0.690 bits per heavy atom. The van der Waals surface area contributed by atoms with Crippen LogP contribution in [0.3, 0.4) is 0 Å². The number of halogens is 10. The second-order valence-electron chi connectivity index (χ2n) is 6.47. The van der Waals surface area contributed by atoms with Gasteiger partial charge in [0.15, 0.2) is 58.2 Å². The zero-order chi connectivity index (χ0) is 21.6. The van der Waals surface area contributed by atoms with Crippen molar-refractivity contribution in [1.82, 2.24) is 4.81 Å². The summed E-state index contributed by atoms with van der Waals surface area (Å²) < 4.78 is 139. The Hall–Kier alpha value is -2.24. The first-order valence-corrected chi connectivity index (χ1v) is 8.36. The smallest absolute Gasteiger partial charge is 0.305 e. The van der Waals surface area contributed by atoms with Crippen LogP contribution in [0.2, 0.25) is 0 Å². The van der Waals surface area contributed by atoms with Crippen LogP contribution in [0, 0.1) is 58.2 Å². The zero-order valence-corrected chi connectivity index (χ0v) is 14.3. The summed E-state index contributed by atoms with van der Waals surface area (Å²) in [6.45, 7) is -2.70. The van der Waals surface area contributed by atoms with Crippen LogP contribution in [0.5, 0.6) is 0 Å². The first-order chi connectivity index (χ1) is 13.6. The van der Waals surface area contributed by atoms with Gasteiger partial charge in [-0.25, -0.2) is 43.9 Å². The third-order valence-electron chi connectivity index (χ3n) is 4.79. The van der Waals surface area contributed by atoms with E-state index < -0.39 is 75.9 Å². The molecule has 0 N–H and O–H groups in total. The molecule has 0 amide bonds. The molecule has 0 spiro atoms. The van der Waals surface area contributed by atoms with Crippen molar-refractivity contribution in [3.05, 3.63) is 58.2 Å². The molecular formula is C17H10BF10N. The first-order valence-electron chi connectivity index (χ1n) is 8.36. The van der Waals surface area contributed by atoms with E-state index in [9.17, 15) is 43.9 Å². The van der Waals surface area contributed by atoms with Gasteiger partial charge in [0.2, 0.25) is 0 Å². The molecule has 0 bridgehead atoms. The minimum absolute atomic E-state index is 0.135. The average Bonchev–Trinajstić information content (AvgIpc) is 2.73. The van der Waals surface area contributed by atoms with Gasteiger partial charge in [0, 0.05) is 10.9 Å². The van der Waals surface area contributed by atoms with Gasteiger partial charge >= 0.3 is 6.85 Å². The van der Waals surface area contributed by atoms with Crippen molar-refractivity contribution >= 4 is 17.8 Å². The summed E-state index contributed by atoms with van der Waals surface area (Å²) in [5.41, 5.74) is -3.38. The van der Waals surface area contributed by atoms with Crippen molar-refractivity contribution in [1.29, 1.82) is 0 Å². The van der Waals surface area contributed by atoms with E-state index in [1.54, 1.807) is 0 Å². The minimum Gasteiger partial charge on any atom is -0.334 e. The van der Waals surface area contributed by atoms with Gasteiger partial charge in [0.25, 0.3) is 0 Å². The molecule has 0 saturated carbocycles. The molecule has 0 aliphatic carbocycles. The lowest BCUT2D eigenvalue weighted by molar-refractivity contribution is 0.349. The molecule has 1 nitrogen and oxygen atoms in total. The molecule has 156 valence electrons.